The van der Waals surface area contributed by atoms with Crippen LogP contribution >= 0.6 is 0 Å². The fraction of sp³-hybridized carbons (Fsp3) is 0.500. The molecule has 6 nitrogen and oxygen atoms in total. The summed E-state index contributed by atoms with van der Waals surface area (Å²) in [6.07, 6.45) is -6.07. The van der Waals surface area contributed by atoms with E-state index in [9.17, 15) is 18.4 Å². The molecule has 0 aromatic heterocycles. The first-order valence-corrected chi connectivity index (χ1v) is 4.39. The number of hydrogen-bond donors (Lipinski definition) is 0. The molecule has 0 radical (unpaired) electrons. The van der Waals surface area contributed by atoms with Crippen molar-refractivity contribution in [1.82, 2.24) is 0 Å². The van der Waals surface area contributed by atoms with E-state index in [2.05, 4.69) is 0 Å². The van der Waals surface area contributed by atoms with Gasteiger partial charge in [0.15, 0.2) is 12.3 Å². The second-order valence-corrected chi connectivity index (χ2v) is 3.52. The summed E-state index contributed by atoms with van der Waals surface area (Å²) in [5, 5.41) is 34.5. The van der Waals surface area contributed by atoms with Crippen LogP contribution in [0, 0.1) is 56.2 Å². The number of rotatable bonds is 0. The number of nitrogens with zero attached hydrogens (tertiary/aromatic N) is 4. The van der Waals surface area contributed by atoms with E-state index in [0.717, 1.165) is 24.3 Å². The molecule has 1 saturated carbocycles. The summed E-state index contributed by atoms with van der Waals surface area (Å²) in [5.41, 5.74) is -6.29. The number of alkyl halides is 2. The molecule has 0 N–H and O–H groups in total. The Labute approximate surface area is 114 Å². The van der Waals surface area contributed by atoms with Gasteiger partial charge in [0.2, 0.25) is 22.4 Å². The minimum Gasteiger partial charge on any atom is -0.293 e. The lowest BCUT2D eigenvalue weighted by Gasteiger charge is -2.34. The molecule has 1 aliphatic rings. The van der Waals surface area contributed by atoms with Crippen LogP contribution in [0.5, 0.6) is 0 Å². The summed E-state index contributed by atoms with van der Waals surface area (Å²) < 4.78 is 27.4. The zero-order chi connectivity index (χ0) is 14.1. The maximum Gasteiger partial charge on any atom is 0.242 e. The lowest BCUT2D eigenvalue weighted by atomic mass is 9.62. The number of halogens is 2. The highest BCUT2D eigenvalue weighted by molar-refractivity contribution is 6.12. The molecule has 1 fully saturated rings. The fourth-order valence-electron chi connectivity index (χ4n) is 1.54. The molecule has 0 aromatic rings. The smallest absolute Gasteiger partial charge is 0.242 e. The number of carbonyl (C=O) groups is 2. The third-order valence-electron chi connectivity index (χ3n) is 2.70. The standard InChI is InChI=1S/C10H2F2N4O2.2CH4/c11-5-8(18)10(3-15,4-16)6(12)7(17)9(5,1-13)2-14;;/h5-6H;2*1H4. The Morgan fingerprint density at radius 1 is 0.750 bits per heavy atom. The maximum atomic E-state index is 13.7. The van der Waals surface area contributed by atoms with E-state index in [4.69, 9.17) is 21.0 Å². The van der Waals surface area contributed by atoms with E-state index < -0.39 is 34.7 Å². The van der Waals surface area contributed by atoms with Crippen molar-refractivity contribution in [2.24, 2.45) is 10.8 Å². The van der Waals surface area contributed by atoms with Crippen LogP contribution in [0.25, 0.3) is 0 Å². The highest BCUT2D eigenvalue weighted by Gasteiger charge is 2.69. The van der Waals surface area contributed by atoms with Crippen molar-refractivity contribution in [3.63, 3.8) is 0 Å². The van der Waals surface area contributed by atoms with Crippen molar-refractivity contribution in [2.45, 2.75) is 27.2 Å². The Balaban J connectivity index is 0. The first kappa shape index (κ1) is 19.5. The zero-order valence-corrected chi connectivity index (χ0v) is 8.52. The SMILES string of the molecule is C.C.N#CC1(C#N)C(=O)C(F)C(C#N)(C#N)C(=O)C1F. The molecule has 0 bridgehead atoms. The van der Waals surface area contributed by atoms with Crippen LogP contribution < -0.4 is 0 Å². The first-order valence-electron chi connectivity index (χ1n) is 4.39. The van der Waals surface area contributed by atoms with Gasteiger partial charge in [-0.3, -0.25) is 9.59 Å². The molecule has 0 aromatic carbocycles. The largest absolute Gasteiger partial charge is 0.293 e. The molecular weight excluding hydrogens is 270 g/mol. The highest BCUT2D eigenvalue weighted by Crippen LogP contribution is 2.43. The first-order chi connectivity index (χ1) is 8.37. The minimum atomic E-state index is -3.15. The maximum absolute atomic E-state index is 13.7. The quantitative estimate of drug-likeness (QED) is 0.654. The monoisotopic (exact) mass is 280 g/mol. The highest BCUT2D eigenvalue weighted by atomic mass is 19.1. The average Bonchev–Trinajstić information content (AvgIpc) is 2.40. The van der Waals surface area contributed by atoms with Crippen molar-refractivity contribution < 1.29 is 18.4 Å². The van der Waals surface area contributed by atoms with E-state index in [-0.39, 0.29) is 14.9 Å². The molecule has 0 aliphatic heterocycles. The summed E-state index contributed by atoms with van der Waals surface area (Å²) in [4.78, 5) is 23.0. The van der Waals surface area contributed by atoms with Gasteiger partial charge in [-0.05, 0) is 0 Å². The minimum absolute atomic E-state index is 0. The van der Waals surface area contributed by atoms with Gasteiger partial charge in [0.05, 0.1) is 24.3 Å². The Morgan fingerprint density at radius 3 is 1.10 bits per heavy atom. The predicted octanol–water partition coefficient (Wildman–Crippen LogP) is 1.15. The van der Waals surface area contributed by atoms with Gasteiger partial charge in [-0.15, -0.1) is 0 Å². The van der Waals surface area contributed by atoms with Gasteiger partial charge in [-0.1, -0.05) is 14.9 Å². The molecule has 0 saturated heterocycles. The van der Waals surface area contributed by atoms with Crippen molar-refractivity contribution in [1.29, 1.82) is 21.0 Å². The van der Waals surface area contributed by atoms with Crippen LogP contribution in [0.15, 0.2) is 0 Å². The van der Waals surface area contributed by atoms with Gasteiger partial charge < -0.3 is 0 Å². The average molecular weight is 280 g/mol. The van der Waals surface area contributed by atoms with E-state index in [1.165, 1.54) is 0 Å². The van der Waals surface area contributed by atoms with Crippen LogP contribution in [0.1, 0.15) is 14.9 Å². The molecule has 0 spiro atoms. The van der Waals surface area contributed by atoms with Crippen molar-refractivity contribution in [3.05, 3.63) is 0 Å². The number of hydrogen-bond acceptors (Lipinski definition) is 6. The van der Waals surface area contributed by atoms with Gasteiger partial charge in [0, 0.05) is 0 Å². The van der Waals surface area contributed by atoms with Gasteiger partial charge in [0.1, 0.15) is 0 Å². The molecule has 0 amide bonds. The van der Waals surface area contributed by atoms with Gasteiger partial charge in [-0.2, -0.15) is 21.0 Å². The van der Waals surface area contributed by atoms with Crippen LogP contribution in [0.3, 0.4) is 0 Å². The molecule has 2 unspecified atom stereocenters. The topological polar surface area (TPSA) is 129 Å². The normalized spacial score (nSPS) is 25.5. The number of carbonyl (C=O) groups excluding carboxylic acids is 2. The van der Waals surface area contributed by atoms with E-state index in [0.29, 0.717) is 0 Å². The summed E-state index contributed by atoms with van der Waals surface area (Å²) in [7, 11) is 0. The Kier molecular flexibility index (Phi) is 5.72. The number of nitriles is 4. The van der Waals surface area contributed by atoms with Gasteiger partial charge >= 0.3 is 0 Å². The lowest BCUT2D eigenvalue weighted by molar-refractivity contribution is -0.152. The predicted molar refractivity (Wildman–Crippen MR) is 60.6 cm³/mol. The second kappa shape index (κ2) is 5.87. The van der Waals surface area contributed by atoms with Crippen LogP contribution in [0.4, 0.5) is 8.78 Å². The number of ketones is 2. The Morgan fingerprint density at radius 2 is 0.950 bits per heavy atom. The van der Waals surface area contributed by atoms with Crippen molar-refractivity contribution >= 4 is 11.6 Å². The number of Topliss-reactive ketones (excluding diaryl/α,β-unsaturated/α-hetero) is 2. The Hall–Kier alpha value is -2.84. The molecular formula is C12H10F2N4O2. The summed E-state index contributed by atoms with van der Waals surface area (Å²) in [6.45, 7) is 0. The molecule has 20 heavy (non-hydrogen) atoms. The van der Waals surface area contributed by atoms with E-state index in [1.807, 2.05) is 0 Å². The third-order valence-corrected chi connectivity index (χ3v) is 2.70. The second-order valence-electron chi connectivity index (χ2n) is 3.52. The van der Waals surface area contributed by atoms with Crippen molar-refractivity contribution in [3.8, 4) is 24.3 Å². The van der Waals surface area contributed by atoms with Crippen LogP contribution in [-0.4, -0.2) is 23.9 Å². The molecule has 1 rings (SSSR count). The summed E-state index contributed by atoms with van der Waals surface area (Å²) >= 11 is 0. The van der Waals surface area contributed by atoms with Crippen molar-refractivity contribution in [2.75, 3.05) is 0 Å². The fourth-order valence-corrected chi connectivity index (χ4v) is 1.54. The van der Waals surface area contributed by atoms with Gasteiger partial charge in [0.25, 0.3) is 0 Å². The molecule has 8 heteroatoms. The summed E-state index contributed by atoms with van der Waals surface area (Å²) in [5.74, 6) is -3.77. The van der Waals surface area contributed by atoms with Crippen LogP contribution in [-0.2, 0) is 9.59 Å². The molecule has 104 valence electrons. The van der Waals surface area contributed by atoms with Crippen LogP contribution in [0.2, 0.25) is 0 Å². The molecule has 2 atom stereocenters. The van der Waals surface area contributed by atoms with E-state index in [1.54, 1.807) is 0 Å². The summed E-state index contributed by atoms with van der Waals surface area (Å²) in [6, 6.07) is 3.79. The third kappa shape index (κ3) is 1.79. The van der Waals surface area contributed by atoms with Gasteiger partial charge in [-0.25, -0.2) is 8.78 Å². The Bertz CT molecular complexity index is 521. The zero-order valence-electron chi connectivity index (χ0n) is 8.52. The van der Waals surface area contributed by atoms with E-state index >= 15 is 0 Å². The molecule has 0 heterocycles. The lowest BCUT2D eigenvalue weighted by Crippen LogP contribution is -2.61. The molecule has 1 aliphatic carbocycles.